The van der Waals surface area contributed by atoms with E-state index in [4.69, 9.17) is 10.5 Å². The van der Waals surface area contributed by atoms with Crippen LogP contribution < -0.4 is 16.0 Å². The van der Waals surface area contributed by atoms with Crippen LogP contribution in [0.25, 0.3) is 0 Å². The molecular formula is C45H60N6O7S. The monoisotopic (exact) mass is 828 g/mol. The summed E-state index contributed by atoms with van der Waals surface area (Å²) in [5.74, 6) is -0.212. The number of piperazine rings is 1. The zero-order valence-electron chi connectivity index (χ0n) is 34.6. The van der Waals surface area contributed by atoms with E-state index < -0.39 is 26.3 Å². The molecule has 5 aliphatic rings. The second kappa shape index (κ2) is 16.4. The lowest BCUT2D eigenvalue weighted by Gasteiger charge is -2.59. The van der Waals surface area contributed by atoms with Gasteiger partial charge in [0.05, 0.1) is 45.1 Å². The fourth-order valence-corrected chi connectivity index (χ4v) is 12.0. The summed E-state index contributed by atoms with van der Waals surface area (Å²) in [7, 11) is -4.38. The molecule has 1 atom stereocenters. The molecule has 14 heteroatoms. The number of sulfone groups is 1. The van der Waals surface area contributed by atoms with Crippen LogP contribution >= 0.6 is 0 Å². The summed E-state index contributed by atoms with van der Waals surface area (Å²) in [5, 5.41) is 25.7. The van der Waals surface area contributed by atoms with Crippen LogP contribution in [0.2, 0.25) is 0 Å². The molecule has 1 spiro atoms. The van der Waals surface area contributed by atoms with Crippen molar-refractivity contribution in [1.82, 2.24) is 9.80 Å². The van der Waals surface area contributed by atoms with Gasteiger partial charge in [-0.3, -0.25) is 24.7 Å². The van der Waals surface area contributed by atoms with E-state index in [-0.39, 0.29) is 38.1 Å². The predicted octanol–water partition coefficient (Wildman–Crippen LogP) is 6.51. The van der Waals surface area contributed by atoms with E-state index in [0.717, 1.165) is 90.5 Å². The van der Waals surface area contributed by atoms with Gasteiger partial charge in [-0.2, -0.15) is 0 Å². The summed E-state index contributed by atoms with van der Waals surface area (Å²) in [6.45, 7) is 13.1. The SMILES string of the molecule is CC(C)c1ccccc1C1CN(C2COC2)CCN1C1CC2(CCN(c3ccc(C(N)=O)c(S(=O)(=O)c4ccc(NCC5CCC(C)(O)CC5)c([N+](=O)[O-])c4)c3)CC2)C1. The van der Waals surface area contributed by atoms with Crippen molar-refractivity contribution in [2.24, 2.45) is 17.1 Å². The van der Waals surface area contributed by atoms with Crippen molar-refractivity contribution in [3.8, 4) is 0 Å². The van der Waals surface area contributed by atoms with Crippen LogP contribution in [-0.2, 0) is 14.6 Å². The minimum atomic E-state index is -4.38. The van der Waals surface area contributed by atoms with Gasteiger partial charge in [-0.25, -0.2) is 8.42 Å². The van der Waals surface area contributed by atoms with E-state index in [1.165, 1.54) is 35.4 Å². The standard InChI is InChI=1S/C45H60N6O7S/c1-30(2)36-6-4-5-7-37(36)41-27-49(34-28-58-29-34)20-21-50(41)33-24-45(25-33)16-18-48(19-17-45)32-8-10-38(43(46)52)42(22-32)59(56,57)35-9-11-39(40(23-35)51(54)55)47-26-31-12-14-44(3,53)15-13-31/h4-11,22-23,30-31,33-34,41,47,53H,12-21,24-29H2,1-3H3,(H2,46,52). The first kappa shape index (κ1) is 41.6. The van der Waals surface area contributed by atoms with Gasteiger partial charge in [-0.05, 0) is 117 Å². The van der Waals surface area contributed by atoms with Crippen LogP contribution in [0.5, 0.6) is 0 Å². The second-order valence-corrected chi connectivity index (χ2v) is 20.5. The van der Waals surface area contributed by atoms with Gasteiger partial charge in [0.15, 0.2) is 0 Å². The quantitative estimate of drug-likeness (QED) is 0.134. The fraction of sp³-hybridized carbons (Fsp3) is 0.578. The summed E-state index contributed by atoms with van der Waals surface area (Å²) in [4.78, 5) is 31.3. The highest BCUT2D eigenvalue weighted by atomic mass is 32.2. The Hall–Kier alpha value is -4.08. The van der Waals surface area contributed by atoms with Crippen molar-refractivity contribution in [1.29, 1.82) is 0 Å². The molecule has 2 aliphatic carbocycles. The van der Waals surface area contributed by atoms with Gasteiger partial charge in [-0.15, -0.1) is 0 Å². The smallest absolute Gasteiger partial charge is 0.293 e. The Labute approximate surface area is 348 Å². The van der Waals surface area contributed by atoms with Gasteiger partial charge < -0.3 is 25.8 Å². The molecule has 8 rings (SSSR count). The number of nitro benzene ring substituents is 1. The number of nitrogens with two attached hydrogens (primary N) is 1. The van der Waals surface area contributed by atoms with Crippen LogP contribution in [-0.4, -0.2) is 104 Å². The predicted molar refractivity (Wildman–Crippen MR) is 228 cm³/mol. The van der Waals surface area contributed by atoms with E-state index in [1.807, 2.05) is 6.92 Å². The van der Waals surface area contributed by atoms with Crippen molar-refractivity contribution in [3.05, 3.63) is 87.5 Å². The lowest BCUT2D eigenvalue weighted by atomic mass is 9.59. The summed E-state index contributed by atoms with van der Waals surface area (Å²) in [5.41, 5.74) is 8.52. The number of carbonyl (C=O) groups is 1. The summed E-state index contributed by atoms with van der Waals surface area (Å²) in [6.07, 6.45) is 7.13. The molecule has 59 heavy (non-hydrogen) atoms. The molecule has 3 aromatic carbocycles. The maximum Gasteiger partial charge on any atom is 0.293 e. The van der Waals surface area contributed by atoms with Gasteiger partial charge in [0.25, 0.3) is 5.69 Å². The molecule has 3 heterocycles. The third-order valence-corrected chi connectivity index (χ3v) is 16.1. The molecular weight excluding hydrogens is 769 g/mol. The Kier molecular flexibility index (Phi) is 11.6. The van der Waals surface area contributed by atoms with Crippen molar-refractivity contribution in [3.63, 3.8) is 0 Å². The Balaban J connectivity index is 0.955. The summed E-state index contributed by atoms with van der Waals surface area (Å²) >= 11 is 0. The normalized spacial score (nSPS) is 25.7. The molecule has 5 fully saturated rings. The number of hydrogen-bond donors (Lipinski definition) is 3. The first-order valence-electron chi connectivity index (χ1n) is 21.5. The molecule has 3 saturated heterocycles. The largest absolute Gasteiger partial charge is 0.390 e. The number of amides is 1. The number of benzene rings is 3. The number of hydrogen-bond acceptors (Lipinski definition) is 11. The van der Waals surface area contributed by atoms with Gasteiger partial charge in [-0.1, -0.05) is 38.1 Å². The Morgan fingerprint density at radius 3 is 2.34 bits per heavy atom. The second-order valence-electron chi connectivity index (χ2n) is 18.6. The van der Waals surface area contributed by atoms with Gasteiger partial charge in [0.1, 0.15) is 5.69 Å². The minimum Gasteiger partial charge on any atom is -0.390 e. The maximum atomic E-state index is 14.2. The van der Waals surface area contributed by atoms with Crippen molar-refractivity contribution in [2.75, 3.05) is 62.7 Å². The summed E-state index contributed by atoms with van der Waals surface area (Å²) in [6, 6.07) is 18.9. The van der Waals surface area contributed by atoms with Gasteiger partial charge in [0.2, 0.25) is 15.7 Å². The molecule has 0 aromatic heterocycles. The van der Waals surface area contributed by atoms with E-state index in [0.29, 0.717) is 49.1 Å². The third-order valence-electron chi connectivity index (χ3n) is 14.3. The minimum absolute atomic E-state index is 0.152. The molecule has 0 bridgehead atoms. The van der Waals surface area contributed by atoms with Crippen molar-refractivity contribution in [2.45, 2.75) is 112 Å². The Bertz CT molecular complexity index is 2150. The average molecular weight is 829 g/mol. The molecule has 13 nitrogen and oxygen atoms in total. The molecule has 318 valence electrons. The maximum absolute atomic E-state index is 14.2. The number of nitro groups is 1. The number of aliphatic hydroxyl groups is 1. The highest BCUT2D eigenvalue weighted by molar-refractivity contribution is 7.91. The number of nitrogens with zero attached hydrogens (tertiary/aromatic N) is 4. The molecule has 2 saturated carbocycles. The van der Waals surface area contributed by atoms with Crippen molar-refractivity contribution >= 4 is 32.8 Å². The van der Waals surface area contributed by atoms with Crippen LogP contribution in [0.3, 0.4) is 0 Å². The van der Waals surface area contributed by atoms with Crippen LogP contribution in [0, 0.1) is 21.4 Å². The van der Waals surface area contributed by atoms with Gasteiger partial charge in [0, 0.05) is 63.1 Å². The van der Waals surface area contributed by atoms with Crippen LogP contribution in [0.4, 0.5) is 17.1 Å². The lowest BCUT2D eigenvalue weighted by Crippen LogP contribution is -2.62. The number of ether oxygens (including phenoxy) is 1. The highest BCUT2D eigenvalue weighted by Crippen LogP contribution is 2.53. The van der Waals surface area contributed by atoms with E-state index in [9.17, 15) is 28.4 Å². The first-order valence-corrected chi connectivity index (χ1v) is 23.0. The average Bonchev–Trinajstić information content (AvgIpc) is 3.18. The number of carbonyl (C=O) groups excluding carboxylic acids is 1. The van der Waals surface area contributed by atoms with Gasteiger partial charge >= 0.3 is 0 Å². The zero-order chi connectivity index (χ0) is 41.7. The van der Waals surface area contributed by atoms with E-state index in [1.54, 1.807) is 6.07 Å². The Morgan fingerprint density at radius 2 is 1.69 bits per heavy atom. The molecule has 1 unspecified atom stereocenters. The fourth-order valence-electron chi connectivity index (χ4n) is 10.5. The summed E-state index contributed by atoms with van der Waals surface area (Å²) < 4.78 is 34.1. The number of piperidine rings is 1. The molecule has 3 aliphatic heterocycles. The van der Waals surface area contributed by atoms with Crippen LogP contribution in [0.1, 0.15) is 106 Å². The lowest BCUT2D eigenvalue weighted by molar-refractivity contribution is -0.384. The van der Waals surface area contributed by atoms with Crippen LogP contribution in [0.15, 0.2) is 70.5 Å². The number of nitrogens with one attached hydrogen (secondary N) is 1. The highest BCUT2D eigenvalue weighted by Gasteiger charge is 2.50. The van der Waals surface area contributed by atoms with E-state index in [2.05, 4.69) is 58.1 Å². The zero-order valence-corrected chi connectivity index (χ0v) is 35.5. The number of primary amides is 1. The third kappa shape index (κ3) is 8.48. The number of rotatable bonds is 12. The first-order chi connectivity index (χ1) is 28.1. The number of anilines is 2. The molecule has 1 amide bonds. The topological polar surface area (TPSA) is 172 Å². The molecule has 3 aromatic rings. The van der Waals surface area contributed by atoms with Crippen molar-refractivity contribution < 1.29 is 28.0 Å². The Morgan fingerprint density at radius 1 is 0.983 bits per heavy atom. The molecule has 0 radical (unpaired) electrons. The molecule has 4 N–H and O–H groups in total. The van der Waals surface area contributed by atoms with E-state index >= 15 is 0 Å².